The first kappa shape index (κ1) is 14.0. The molecule has 0 bridgehead atoms. The van der Waals surface area contributed by atoms with Crippen LogP contribution in [-0.2, 0) is 4.79 Å². The van der Waals surface area contributed by atoms with Gasteiger partial charge in [-0.25, -0.2) is 4.79 Å². The fourth-order valence-corrected chi connectivity index (χ4v) is 1.61. The van der Waals surface area contributed by atoms with Crippen LogP contribution >= 0.6 is 15.9 Å². The molecule has 0 aromatic heterocycles. The van der Waals surface area contributed by atoms with Gasteiger partial charge < -0.3 is 15.7 Å². The highest BCUT2D eigenvalue weighted by Gasteiger charge is 2.06. The van der Waals surface area contributed by atoms with Crippen molar-refractivity contribution in [1.82, 2.24) is 5.32 Å². The van der Waals surface area contributed by atoms with E-state index >= 15 is 0 Å². The third kappa shape index (κ3) is 4.43. The van der Waals surface area contributed by atoms with Crippen molar-refractivity contribution in [3.05, 3.63) is 28.2 Å². The summed E-state index contributed by atoms with van der Waals surface area (Å²) in [7, 11) is 0. The average molecular weight is 312 g/mol. The molecular formula is C11H10BrN3O3. The van der Waals surface area contributed by atoms with Crippen molar-refractivity contribution in [3.8, 4) is 6.07 Å². The lowest BCUT2D eigenvalue weighted by Crippen LogP contribution is -2.30. The van der Waals surface area contributed by atoms with Gasteiger partial charge in [-0.1, -0.05) is 0 Å². The van der Waals surface area contributed by atoms with E-state index in [1.54, 1.807) is 18.2 Å². The maximum atomic E-state index is 11.4. The number of nitrogens with zero attached hydrogens (tertiary/aromatic N) is 1. The number of aliphatic carboxylic acids is 1. The minimum atomic E-state index is -0.977. The van der Waals surface area contributed by atoms with Crippen LogP contribution < -0.4 is 10.6 Å². The van der Waals surface area contributed by atoms with Crippen molar-refractivity contribution >= 4 is 33.6 Å². The number of nitrogens with one attached hydrogen (secondary N) is 2. The summed E-state index contributed by atoms with van der Waals surface area (Å²) in [6.45, 7) is 0.0507. The molecule has 0 radical (unpaired) electrons. The summed E-state index contributed by atoms with van der Waals surface area (Å²) in [6, 6.07) is 6.20. The highest BCUT2D eigenvalue weighted by molar-refractivity contribution is 9.10. The molecule has 0 heterocycles. The number of nitriles is 1. The smallest absolute Gasteiger partial charge is 0.319 e. The highest BCUT2D eigenvalue weighted by atomic mass is 79.9. The zero-order valence-electron chi connectivity index (χ0n) is 9.24. The lowest BCUT2D eigenvalue weighted by molar-refractivity contribution is -0.136. The molecule has 1 rings (SSSR count). The lowest BCUT2D eigenvalue weighted by atomic mass is 10.2. The van der Waals surface area contributed by atoms with Gasteiger partial charge in [-0.2, -0.15) is 5.26 Å². The monoisotopic (exact) mass is 311 g/mol. The Hall–Kier alpha value is -2.07. The van der Waals surface area contributed by atoms with Crippen molar-refractivity contribution in [2.45, 2.75) is 6.42 Å². The summed E-state index contributed by atoms with van der Waals surface area (Å²) in [5, 5.41) is 22.0. The SMILES string of the molecule is N#Cc1ccc(NC(=O)NCCC(=O)O)c(Br)c1. The van der Waals surface area contributed by atoms with Crippen LogP contribution in [0.15, 0.2) is 22.7 Å². The molecule has 1 aromatic rings. The molecule has 0 saturated carbocycles. The molecule has 0 saturated heterocycles. The third-order valence-electron chi connectivity index (χ3n) is 1.97. The van der Waals surface area contributed by atoms with Crippen LogP contribution in [0, 0.1) is 11.3 Å². The normalized spacial score (nSPS) is 9.33. The summed E-state index contributed by atoms with van der Waals surface area (Å²) >= 11 is 3.22. The molecule has 0 spiro atoms. The van der Waals surface area contributed by atoms with E-state index in [0.717, 1.165) is 0 Å². The van der Waals surface area contributed by atoms with Crippen molar-refractivity contribution in [1.29, 1.82) is 5.26 Å². The molecule has 94 valence electrons. The number of amides is 2. The largest absolute Gasteiger partial charge is 0.481 e. The Morgan fingerprint density at radius 2 is 2.17 bits per heavy atom. The molecular weight excluding hydrogens is 302 g/mol. The lowest BCUT2D eigenvalue weighted by Gasteiger charge is -2.08. The summed E-state index contributed by atoms with van der Waals surface area (Å²) in [4.78, 5) is 21.7. The van der Waals surface area contributed by atoms with Gasteiger partial charge in [0.1, 0.15) is 0 Å². The van der Waals surface area contributed by atoms with Crippen molar-refractivity contribution < 1.29 is 14.7 Å². The van der Waals surface area contributed by atoms with Crippen LogP contribution in [0.2, 0.25) is 0 Å². The van der Waals surface area contributed by atoms with Crippen molar-refractivity contribution in [2.75, 3.05) is 11.9 Å². The second kappa shape index (κ2) is 6.61. The summed E-state index contributed by atoms with van der Waals surface area (Å²) in [5.74, 6) is -0.977. The number of benzene rings is 1. The average Bonchev–Trinajstić information content (AvgIpc) is 2.31. The molecule has 0 aliphatic rings. The second-order valence-electron chi connectivity index (χ2n) is 3.33. The summed E-state index contributed by atoms with van der Waals surface area (Å²) in [6.07, 6.45) is -0.137. The fourth-order valence-electron chi connectivity index (χ4n) is 1.14. The van der Waals surface area contributed by atoms with E-state index < -0.39 is 12.0 Å². The highest BCUT2D eigenvalue weighted by Crippen LogP contribution is 2.23. The van der Waals surface area contributed by atoms with Gasteiger partial charge in [-0.15, -0.1) is 0 Å². The molecule has 0 aliphatic carbocycles. The van der Waals surface area contributed by atoms with Crippen LogP contribution in [-0.4, -0.2) is 23.7 Å². The van der Waals surface area contributed by atoms with Crippen LogP contribution in [0.5, 0.6) is 0 Å². The van der Waals surface area contributed by atoms with E-state index in [1.807, 2.05) is 6.07 Å². The quantitative estimate of drug-likeness (QED) is 0.790. The zero-order chi connectivity index (χ0) is 13.5. The minimum Gasteiger partial charge on any atom is -0.481 e. The predicted octanol–water partition coefficient (Wildman–Crippen LogP) is 1.92. The van der Waals surface area contributed by atoms with Crippen LogP contribution in [0.1, 0.15) is 12.0 Å². The van der Waals surface area contributed by atoms with E-state index in [1.165, 1.54) is 0 Å². The molecule has 0 atom stereocenters. The molecule has 3 N–H and O–H groups in total. The summed E-state index contributed by atoms with van der Waals surface area (Å²) < 4.78 is 0.579. The van der Waals surface area contributed by atoms with E-state index in [0.29, 0.717) is 15.7 Å². The Morgan fingerprint density at radius 1 is 1.44 bits per heavy atom. The van der Waals surface area contributed by atoms with Gasteiger partial charge in [0.15, 0.2) is 0 Å². The van der Waals surface area contributed by atoms with Gasteiger partial charge >= 0.3 is 12.0 Å². The molecule has 0 fully saturated rings. The molecule has 18 heavy (non-hydrogen) atoms. The van der Waals surface area contributed by atoms with Gasteiger partial charge in [-0.05, 0) is 34.1 Å². The molecule has 1 aromatic carbocycles. The molecule has 2 amide bonds. The van der Waals surface area contributed by atoms with Crippen LogP contribution in [0.4, 0.5) is 10.5 Å². The molecule has 6 nitrogen and oxygen atoms in total. The number of carbonyl (C=O) groups is 2. The number of carboxylic acid groups (broad SMARTS) is 1. The number of hydrogen-bond acceptors (Lipinski definition) is 3. The Bertz CT molecular complexity index is 511. The van der Waals surface area contributed by atoms with Crippen molar-refractivity contribution in [2.24, 2.45) is 0 Å². The van der Waals surface area contributed by atoms with E-state index in [-0.39, 0.29) is 13.0 Å². The Balaban J connectivity index is 2.54. The number of carbonyl (C=O) groups excluding carboxylic acids is 1. The molecule has 0 unspecified atom stereocenters. The van der Waals surface area contributed by atoms with Gasteiger partial charge in [0.25, 0.3) is 0 Å². The zero-order valence-corrected chi connectivity index (χ0v) is 10.8. The number of hydrogen-bond donors (Lipinski definition) is 3. The van der Waals surface area contributed by atoms with E-state index in [4.69, 9.17) is 10.4 Å². The van der Waals surface area contributed by atoms with Crippen LogP contribution in [0.25, 0.3) is 0 Å². The van der Waals surface area contributed by atoms with Gasteiger partial charge in [0, 0.05) is 11.0 Å². The number of carboxylic acids is 1. The first-order chi connectivity index (χ1) is 8.52. The van der Waals surface area contributed by atoms with Gasteiger partial charge in [0.2, 0.25) is 0 Å². The Labute approximate surface area is 112 Å². The van der Waals surface area contributed by atoms with Gasteiger partial charge in [0.05, 0.1) is 23.7 Å². The second-order valence-corrected chi connectivity index (χ2v) is 4.19. The number of halogens is 1. The van der Waals surface area contributed by atoms with Crippen LogP contribution in [0.3, 0.4) is 0 Å². The first-order valence-corrected chi connectivity index (χ1v) is 5.78. The molecule has 7 heteroatoms. The Morgan fingerprint density at radius 3 is 2.72 bits per heavy atom. The van der Waals surface area contributed by atoms with Crippen molar-refractivity contribution in [3.63, 3.8) is 0 Å². The Kier molecular flexibility index (Phi) is 5.14. The third-order valence-corrected chi connectivity index (χ3v) is 2.63. The topological polar surface area (TPSA) is 102 Å². The summed E-state index contributed by atoms with van der Waals surface area (Å²) in [5.41, 5.74) is 0.973. The standard InChI is InChI=1S/C11H10BrN3O3/c12-8-5-7(6-13)1-2-9(8)15-11(18)14-4-3-10(16)17/h1-2,5H,3-4H2,(H,16,17)(H2,14,15,18). The number of urea groups is 1. The fraction of sp³-hybridized carbons (Fsp3) is 0.182. The number of anilines is 1. The van der Waals surface area contributed by atoms with E-state index in [9.17, 15) is 9.59 Å². The predicted molar refractivity (Wildman–Crippen MR) is 68.1 cm³/mol. The van der Waals surface area contributed by atoms with Gasteiger partial charge in [-0.3, -0.25) is 4.79 Å². The molecule has 0 aliphatic heterocycles. The maximum Gasteiger partial charge on any atom is 0.319 e. The number of rotatable bonds is 4. The maximum absolute atomic E-state index is 11.4. The minimum absolute atomic E-state index is 0.0507. The first-order valence-electron chi connectivity index (χ1n) is 4.99. The van der Waals surface area contributed by atoms with E-state index in [2.05, 4.69) is 26.6 Å².